The van der Waals surface area contributed by atoms with Gasteiger partial charge >= 0.3 is 5.97 Å². The Hall–Kier alpha value is -0.890. The minimum atomic E-state index is -2.02. The van der Waals surface area contributed by atoms with Gasteiger partial charge < -0.3 is 10.5 Å². The van der Waals surface area contributed by atoms with Gasteiger partial charge in [0.2, 0.25) is 3.79 Å². The van der Waals surface area contributed by atoms with Gasteiger partial charge in [-0.25, -0.2) is 4.79 Å². The molecule has 0 atom stereocenters. The summed E-state index contributed by atoms with van der Waals surface area (Å²) in [4.78, 5) is 11.2. The Kier molecular flexibility index (Phi) is 5.51. The van der Waals surface area contributed by atoms with Crippen LogP contribution < -0.4 is 5.73 Å². The van der Waals surface area contributed by atoms with Crippen LogP contribution in [0.15, 0.2) is 23.9 Å². The lowest BCUT2D eigenvalue weighted by atomic mass is 10.2. The number of ether oxygens (including phenoxy) is 1. The Bertz CT molecular complexity index is 339. The van der Waals surface area contributed by atoms with E-state index in [1.807, 2.05) is 0 Å². The maximum atomic E-state index is 11.2. The normalized spacial score (nSPS) is 12.4. The molecule has 0 heterocycles. The molecule has 82 valence electrons. The van der Waals surface area contributed by atoms with E-state index in [9.17, 15) is 4.79 Å². The fourth-order valence-electron chi connectivity index (χ4n) is 0.564. The summed E-state index contributed by atoms with van der Waals surface area (Å²) in [5, 5.41) is 8.64. The molecule has 0 bridgehead atoms. The molecule has 7 heteroatoms. The second-order valence-corrected chi connectivity index (χ2v) is 4.57. The highest BCUT2D eigenvalue weighted by Crippen LogP contribution is 2.33. The molecule has 0 aromatic carbocycles. The Morgan fingerprint density at radius 1 is 1.60 bits per heavy atom. The molecule has 0 aliphatic carbocycles. The summed E-state index contributed by atoms with van der Waals surface area (Å²) in [5.74, 6) is -0.957. The maximum Gasteiger partial charge on any atom is 0.351 e. The highest BCUT2D eigenvalue weighted by Gasteiger charge is 2.30. The summed E-state index contributed by atoms with van der Waals surface area (Å²) in [5.41, 5.74) is 4.31. The molecule has 0 unspecified atom stereocenters. The predicted molar refractivity (Wildman–Crippen MR) is 58.3 cm³/mol. The SMILES string of the molecule is C=CCOC(=O)C(C#N)=C(N)C(Cl)(Cl)Cl. The molecule has 0 spiro atoms. The van der Waals surface area contributed by atoms with Crippen LogP contribution in [0.4, 0.5) is 0 Å². The lowest BCUT2D eigenvalue weighted by Gasteiger charge is -2.12. The van der Waals surface area contributed by atoms with E-state index in [4.69, 9.17) is 45.8 Å². The average Bonchev–Trinajstić information content (AvgIpc) is 2.14. The van der Waals surface area contributed by atoms with Crippen LogP contribution in [0.3, 0.4) is 0 Å². The first-order chi connectivity index (χ1) is 6.84. The van der Waals surface area contributed by atoms with Gasteiger partial charge in [0, 0.05) is 0 Å². The number of hydrogen-bond donors (Lipinski definition) is 1. The molecule has 0 saturated heterocycles. The van der Waals surface area contributed by atoms with Gasteiger partial charge in [-0.05, 0) is 0 Å². The zero-order valence-corrected chi connectivity index (χ0v) is 9.73. The summed E-state index contributed by atoms with van der Waals surface area (Å²) < 4.78 is 2.55. The Morgan fingerprint density at radius 2 is 2.13 bits per heavy atom. The number of hydrogen-bond acceptors (Lipinski definition) is 4. The van der Waals surface area contributed by atoms with Crippen molar-refractivity contribution >= 4 is 40.8 Å². The molecule has 0 fully saturated rings. The fraction of sp³-hybridized carbons (Fsp3) is 0.250. The number of allylic oxidation sites excluding steroid dienone is 1. The molecule has 0 aromatic rings. The molecule has 4 nitrogen and oxygen atoms in total. The van der Waals surface area contributed by atoms with Crippen molar-refractivity contribution in [3.8, 4) is 6.07 Å². The van der Waals surface area contributed by atoms with Gasteiger partial charge in [-0.15, -0.1) is 0 Å². The molecule has 2 N–H and O–H groups in total. The largest absolute Gasteiger partial charge is 0.457 e. The molecule has 15 heavy (non-hydrogen) atoms. The molecular weight excluding hydrogens is 262 g/mol. The first kappa shape index (κ1) is 14.1. The molecular formula is C8H7Cl3N2O2. The van der Waals surface area contributed by atoms with Gasteiger partial charge in [0.05, 0.1) is 5.70 Å². The van der Waals surface area contributed by atoms with Crippen LogP contribution in [0.5, 0.6) is 0 Å². The number of nitrogens with two attached hydrogens (primary N) is 1. The van der Waals surface area contributed by atoms with E-state index < -0.39 is 21.0 Å². The average molecular weight is 270 g/mol. The molecule has 0 aliphatic rings. The van der Waals surface area contributed by atoms with Crippen LogP contribution in [0.1, 0.15) is 0 Å². The first-order valence-electron chi connectivity index (χ1n) is 3.59. The quantitative estimate of drug-likeness (QED) is 0.279. The minimum absolute atomic E-state index is 0.0584. The van der Waals surface area contributed by atoms with Crippen LogP contribution in [-0.2, 0) is 9.53 Å². The van der Waals surface area contributed by atoms with Gasteiger partial charge in [0.15, 0.2) is 5.57 Å². The third-order valence-corrected chi connectivity index (χ3v) is 1.83. The van der Waals surface area contributed by atoms with Crippen LogP contribution in [-0.4, -0.2) is 16.4 Å². The standard InChI is InChI=1S/C8H7Cl3N2O2/c1-2-3-15-7(14)5(4-12)6(13)8(9,10)11/h2H,1,3,13H2. The van der Waals surface area contributed by atoms with Crippen LogP contribution in [0, 0.1) is 11.3 Å². The number of carbonyl (C=O) groups is 1. The molecule has 0 aliphatic heterocycles. The minimum Gasteiger partial charge on any atom is -0.457 e. The van der Waals surface area contributed by atoms with Crippen molar-refractivity contribution in [3.63, 3.8) is 0 Å². The van der Waals surface area contributed by atoms with Crippen molar-refractivity contribution in [1.29, 1.82) is 5.26 Å². The van der Waals surface area contributed by atoms with E-state index in [1.165, 1.54) is 12.1 Å². The van der Waals surface area contributed by atoms with Crippen LogP contribution in [0.2, 0.25) is 0 Å². The van der Waals surface area contributed by atoms with Crippen molar-refractivity contribution in [2.24, 2.45) is 5.73 Å². The van der Waals surface area contributed by atoms with Crippen LogP contribution >= 0.6 is 34.8 Å². The second-order valence-electron chi connectivity index (χ2n) is 2.29. The summed E-state index contributed by atoms with van der Waals surface area (Å²) in [6, 6.07) is 1.51. The van der Waals surface area contributed by atoms with Gasteiger partial charge in [0.25, 0.3) is 0 Å². The third-order valence-electron chi connectivity index (χ3n) is 1.22. The van der Waals surface area contributed by atoms with E-state index in [2.05, 4.69) is 11.3 Å². The van der Waals surface area contributed by atoms with E-state index >= 15 is 0 Å². The smallest absolute Gasteiger partial charge is 0.351 e. The van der Waals surface area contributed by atoms with Crippen molar-refractivity contribution in [2.45, 2.75) is 3.79 Å². The Balaban J connectivity index is 5.00. The summed E-state index contributed by atoms with van der Waals surface area (Å²) in [7, 11) is 0. The zero-order chi connectivity index (χ0) is 12.1. The number of esters is 1. The highest BCUT2D eigenvalue weighted by molar-refractivity contribution is 6.69. The van der Waals surface area contributed by atoms with Crippen molar-refractivity contribution in [3.05, 3.63) is 23.9 Å². The first-order valence-corrected chi connectivity index (χ1v) is 4.73. The Labute approximate surface area is 102 Å². The topological polar surface area (TPSA) is 76.1 Å². The molecule has 0 rings (SSSR count). The summed E-state index contributed by atoms with van der Waals surface area (Å²) in [6.45, 7) is 3.27. The second kappa shape index (κ2) is 5.86. The number of alkyl halides is 3. The number of nitriles is 1. The number of halogens is 3. The lowest BCUT2D eigenvalue weighted by Crippen LogP contribution is -2.22. The van der Waals surface area contributed by atoms with Gasteiger partial charge in [0.1, 0.15) is 12.7 Å². The molecule has 0 amide bonds. The lowest BCUT2D eigenvalue weighted by molar-refractivity contribution is -0.137. The van der Waals surface area contributed by atoms with E-state index in [1.54, 1.807) is 0 Å². The Morgan fingerprint density at radius 3 is 2.47 bits per heavy atom. The van der Waals surface area contributed by atoms with Gasteiger partial charge in [-0.1, -0.05) is 47.5 Å². The molecule has 0 radical (unpaired) electrons. The zero-order valence-electron chi connectivity index (χ0n) is 7.47. The fourth-order valence-corrected chi connectivity index (χ4v) is 0.848. The van der Waals surface area contributed by atoms with E-state index in [0.29, 0.717) is 0 Å². The molecule has 0 aromatic heterocycles. The third kappa shape index (κ3) is 4.43. The highest BCUT2D eigenvalue weighted by atomic mass is 35.6. The predicted octanol–water partition coefficient (Wildman–Crippen LogP) is 1.82. The summed E-state index contributed by atoms with van der Waals surface area (Å²) >= 11 is 16.2. The maximum absolute atomic E-state index is 11.2. The number of rotatable bonds is 3. The van der Waals surface area contributed by atoms with E-state index in [0.717, 1.165) is 0 Å². The van der Waals surface area contributed by atoms with Crippen LogP contribution in [0.25, 0.3) is 0 Å². The van der Waals surface area contributed by atoms with Crippen molar-refractivity contribution < 1.29 is 9.53 Å². The van der Waals surface area contributed by atoms with Gasteiger partial charge in [-0.2, -0.15) is 5.26 Å². The van der Waals surface area contributed by atoms with E-state index in [-0.39, 0.29) is 6.61 Å². The number of nitrogens with zero attached hydrogens (tertiary/aromatic N) is 1. The van der Waals surface area contributed by atoms with Gasteiger partial charge in [-0.3, -0.25) is 0 Å². The summed E-state index contributed by atoms with van der Waals surface area (Å²) in [6.07, 6.45) is 1.33. The molecule has 0 saturated carbocycles. The van der Waals surface area contributed by atoms with Crippen molar-refractivity contribution in [2.75, 3.05) is 6.61 Å². The number of carbonyl (C=O) groups excluding carboxylic acids is 1. The monoisotopic (exact) mass is 268 g/mol. The van der Waals surface area contributed by atoms with Crippen molar-refractivity contribution in [1.82, 2.24) is 0 Å².